The summed E-state index contributed by atoms with van der Waals surface area (Å²) in [6, 6.07) is 9.12. The molecule has 0 saturated heterocycles. The Hall–Kier alpha value is -1.63. The molecule has 5 N–H and O–H groups in total. The summed E-state index contributed by atoms with van der Waals surface area (Å²) < 4.78 is 5.33. The van der Waals surface area contributed by atoms with E-state index in [1.165, 1.54) is 0 Å². The number of amides is 1. The molecule has 6 nitrogen and oxygen atoms in total. The third kappa shape index (κ3) is 5.62. The molecule has 0 bridgehead atoms. The van der Waals surface area contributed by atoms with Crippen LogP contribution in [0.2, 0.25) is 0 Å². The molecule has 0 fully saturated rings. The SMILES string of the molecule is NC(=O)C(O)CNCC(O)COc1ccccc1. The molecule has 0 saturated carbocycles. The van der Waals surface area contributed by atoms with Gasteiger partial charge >= 0.3 is 0 Å². The van der Waals surface area contributed by atoms with Crippen LogP contribution in [0.25, 0.3) is 0 Å². The van der Waals surface area contributed by atoms with E-state index in [0.29, 0.717) is 5.75 Å². The van der Waals surface area contributed by atoms with Crippen LogP contribution in [0, 0.1) is 0 Å². The highest BCUT2D eigenvalue weighted by molar-refractivity contribution is 5.78. The van der Waals surface area contributed by atoms with Gasteiger partial charge in [-0.1, -0.05) is 18.2 Å². The highest BCUT2D eigenvalue weighted by Crippen LogP contribution is 2.08. The van der Waals surface area contributed by atoms with Gasteiger partial charge in [0.15, 0.2) is 0 Å². The van der Waals surface area contributed by atoms with Gasteiger partial charge in [0.2, 0.25) is 5.91 Å². The van der Waals surface area contributed by atoms with Crippen molar-refractivity contribution in [2.75, 3.05) is 19.7 Å². The van der Waals surface area contributed by atoms with E-state index in [4.69, 9.17) is 15.6 Å². The molecule has 18 heavy (non-hydrogen) atoms. The summed E-state index contributed by atoms with van der Waals surface area (Å²) in [5, 5.41) is 21.4. The Labute approximate surface area is 105 Å². The van der Waals surface area contributed by atoms with Gasteiger partial charge in [-0.3, -0.25) is 4.79 Å². The molecule has 1 amide bonds. The Bertz CT molecular complexity index is 358. The second-order valence-corrected chi connectivity index (χ2v) is 3.85. The lowest BCUT2D eigenvalue weighted by Gasteiger charge is -2.14. The Kier molecular flexibility index (Phi) is 6.13. The number of hydrogen-bond donors (Lipinski definition) is 4. The number of aliphatic hydroxyl groups is 2. The first kappa shape index (κ1) is 14.4. The monoisotopic (exact) mass is 254 g/mol. The molecule has 0 aliphatic rings. The minimum absolute atomic E-state index is 0.0116. The van der Waals surface area contributed by atoms with Gasteiger partial charge in [0.25, 0.3) is 0 Å². The molecule has 1 aromatic carbocycles. The fourth-order valence-electron chi connectivity index (χ4n) is 1.26. The number of nitrogens with two attached hydrogens (primary N) is 1. The number of carbonyl (C=O) groups excluding carboxylic acids is 1. The van der Waals surface area contributed by atoms with Crippen LogP contribution in [0.1, 0.15) is 0 Å². The first-order valence-electron chi connectivity index (χ1n) is 5.63. The number of carbonyl (C=O) groups is 1. The van der Waals surface area contributed by atoms with E-state index in [1.807, 2.05) is 18.2 Å². The van der Waals surface area contributed by atoms with Crippen molar-refractivity contribution >= 4 is 5.91 Å². The van der Waals surface area contributed by atoms with Crippen LogP contribution in [-0.2, 0) is 4.79 Å². The number of hydrogen-bond acceptors (Lipinski definition) is 5. The van der Waals surface area contributed by atoms with E-state index >= 15 is 0 Å². The second kappa shape index (κ2) is 7.65. The van der Waals surface area contributed by atoms with Crippen molar-refractivity contribution in [3.63, 3.8) is 0 Å². The van der Waals surface area contributed by atoms with Crippen molar-refractivity contribution < 1.29 is 19.7 Å². The number of para-hydroxylation sites is 1. The summed E-state index contributed by atoms with van der Waals surface area (Å²) in [4.78, 5) is 10.5. The fourth-order valence-corrected chi connectivity index (χ4v) is 1.26. The number of benzene rings is 1. The van der Waals surface area contributed by atoms with Crippen LogP contribution in [0.4, 0.5) is 0 Å². The summed E-state index contributed by atoms with van der Waals surface area (Å²) in [7, 11) is 0. The van der Waals surface area contributed by atoms with Gasteiger partial charge in [0.1, 0.15) is 24.6 Å². The van der Waals surface area contributed by atoms with Crippen LogP contribution in [0.15, 0.2) is 30.3 Å². The van der Waals surface area contributed by atoms with E-state index in [9.17, 15) is 9.90 Å². The number of rotatable bonds is 8. The molecule has 0 spiro atoms. The lowest BCUT2D eigenvalue weighted by Crippen LogP contribution is -2.41. The summed E-state index contributed by atoms with van der Waals surface area (Å²) >= 11 is 0. The van der Waals surface area contributed by atoms with Crippen LogP contribution in [-0.4, -0.2) is 48.0 Å². The molecule has 2 unspecified atom stereocenters. The van der Waals surface area contributed by atoms with Crippen LogP contribution < -0.4 is 15.8 Å². The molecule has 0 heterocycles. The van der Waals surface area contributed by atoms with Crippen molar-refractivity contribution in [3.05, 3.63) is 30.3 Å². The summed E-state index contributed by atoms with van der Waals surface area (Å²) in [5.41, 5.74) is 4.87. The number of ether oxygens (including phenoxy) is 1. The van der Waals surface area contributed by atoms with E-state index in [1.54, 1.807) is 12.1 Å². The maximum absolute atomic E-state index is 10.5. The summed E-state index contributed by atoms with van der Waals surface area (Å²) in [5.74, 6) is -0.119. The lowest BCUT2D eigenvalue weighted by molar-refractivity contribution is -0.125. The van der Waals surface area contributed by atoms with Gasteiger partial charge in [-0.2, -0.15) is 0 Å². The number of primary amides is 1. The van der Waals surface area contributed by atoms with Gasteiger partial charge in [0, 0.05) is 13.1 Å². The molecule has 1 rings (SSSR count). The molecule has 2 atom stereocenters. The molecule has 100 valence electrons. The van der Waals surface area contributed by atoms with Gasteiger partial charge in [-0.05, 0) is 12.1 Å². The molecular weight excluding hydrogens is 236 g/mol. The molecule has 0 radical (unpaired) electrons. The molecule has 0 aliphatic heterocycles. The van der Waals surface area contributed by atoms with Gasteiger partial charge in [0.05, 0.1) is 0 Å². The number of nitrogens with one attached hydrogen (secondary N) is 1. The smallest absolute Gasteiger partial charge is 0.247 e. The Morgan fingerprint density at radius 3 is 2.56 bits per heavy atom. The lowest BCUT2D eigenvalue weighted by atomic mass is 10.3. The quantitative estimate of drug-likeness (QED) is 0.469. The third-order valence-corrected chi connectivity index (χ3v) is 2.23. The Balaban J connectivity index is 2.14. The Morgan fingerprint density at radius 1 is 1.28 bits per heavy atom. The maximum atomic E-state index is 10.5. The van der Waals surface area contributed by atoms with Crippen LogP contribution in [0.3, 0.4) is 0 Å². The molecule has 1 aromatic rings. The normalized spacial score (nSPS) is 13.9. The molecular formula is C12H18N2O4. The standard InChI is InChI=1S/C12H18N2O4/c13-12(17)11(16)7-14-6-9(15)8-18-10-4-2-1-3-5-10/h1-5,9,11,14-16H,6-8H2,(H2,13,17). The maximum Gasteiger partial charge on any atom is 0.247 e. The zero-order valence-electron chi connectivity index (χ0n) is 9.95. The largest absolute Gasteiger partial charge is 0.491 e. The second-order valence-electron chi connectivity index (χ2n) is 3.85. The summed E-state index contributed by atoms with van der Waals surface area (Å²) in [6.45, 7) is 0.346. The first-order valence-corrected chi connectivity index (χ1v) is 5.63. The van der Waals surface area contributed by atoms with Gasteiger partial charge in [-0.25, -0.2) is 0 Å². The van der Waals surface area contributed by atoms with Crippen LogP contribution in [0.5, 0.6) is 5.75 Å². The summed E-state index contributed by atoms with van der Waals surface area (Å²) in [6.07, 6.45) is -1.97. The van der Waals surface area contributed by atoms with Crippen molar-refractivity contribution in [1.82, 2.24) is 5.32 Å². The number of aliphatic hydroxyl groups excluding tert-OH is 2. The predicted molar refractivity (Wildman–Crippen MR) is 66.0 cm³/mol. The van der Waals surface area contributed by atoms with Crippen molar-refractivity contribution in [2.24, 2.45) is 5.73 Å². The van der Waals surface area contributed by atoms with Gasteiger partial charge < -0.3 is 26.0 Å². The van der Waals surface area contributed by atoms with E-state index in [-0.39, 0.29) is 19.7 Å². The van der Waals surface area contributed by atoms with E-state index < -0.39 is 18.1 Å². The van der Waals surface area contributed by atoms with Crippen molar-refractivity contribution in [2.45, 2.75) is 12.2 Å². The average Bonchev–Trinajstić information content (AvgIpc) is 2.37. The zero-order valence-corrected chi connectivity index (χ0v) is 9.95. The molecule has 6 heteroatoms. The van der Waals surface area contributed by atoms with Gasteiger partial charge in [-0.15, -0.1) is 0 Å². The first-order chi connectivity index (χ1) is 8.59. The van der Waals surface area contributed by atoms with E-state index in [0.717, 1.165) is 0 Å². The fraction of sp³-hybridized carbons (Fsp3) is 0.417. The van der Waals surface area contributed by atoms with Crippen LogP contribution >= 0.6 is 0 Å². The third-order valence-electron chi connectivity index (χ3n) is 2.23. The van der Waals surface area contributed by atoms with Crippen molar-refractivity contribution in [1.29, 1.82) is 0 Å². The minimum Gasteiger partial charge on any atom is -0.491 e. The Morgan fingerprint density at radius 2 is 1.94 bits per heavy atom. The topological polar surface area (TPSA) is 105 Å². The molecule has 0 aliphatic carbocycles. The zero-order chi connectivity index (χ0) is 13.4. The average molecular weight is 254 g/mol. The highest BCUT2D eigenvalue weighted by atomic mass is 16.5. The van der Waals surface area contributed by atoms with Crippen molar-refractivity contribution in [3.8, 4) is 5.75 Å². The minimum atomic E-state index is -1.24. The molecule has 0 aromatic heterocycles. The van der Waals surface area contributed by atoms with E-state index in [2.05, 4.69) is 5.32 Å². The predicted octanol–water partition coefficient (Wildman–Crippen LogP) is -1.14. The highest BCUT2D eigenvalue weighted by Gasteiger charge is 2.11.